The summed E-state index contributed by atoms with van der Waals surface area (Å²) in [6.45, 7) is 5.96. The molecule has 4 rings (SSSR count). The average molecular weight is 660 g/mol. The van der Waals surface area contributed by atoms with Crippen molar-refractivity contribution in [3.8, 4) is 17.0 Å². The number of anilines is 4. The van der Waals surface area contributed by atoms with Gasteiger partial charge in [-0.15, -0.1) is 0 Å². The molecule has 0 saturated heterocycles. The van der Waals surface area contributed by atoms with E-state index >= 15 is 0 Å². The molecular weight excluding hydrogens is 624 g/mol. The minimum absolute atomic E-state index is 0.0287. The topological polar surface area (TPSA) is 156 Å². The Balaban J connectivity index is 1.68. The number of pyridine rings is 1. The van der Waals surface area contributed by atoms with Gasteiger partial charge in [0.2, 0.25) is 5.95 Å². The molecule has 244 valence electrons. The van der Waals surface area contributed by atoms with Crippen LogP contribution in [0.2, 0.25) is 0 Å². The number of nitrogens with one attached hydrogen (secondary N) is 3. The first-order valence-electron chi connectivity index (χ1n) is 14.2. The highest BCUT2D eigenvalue weighted by molar-refractivity contribution is 7.43. The molecule has 3 heterocycles. The lowest BCUT2D eigenvalue weighted by atomic mass is 9.95. The van der Waals surface area contributed by atoms with Crippen LogP contribution in [-0.4, -0.2) is 62.7 Å². The van der Waals surface area contributed by atoms with Gasteiger partial charge in [-0.05, 0) is 31.2 Å². The number of aliphatic hydroxyl groups is 1. The molecule has 0 spiro atoms. The van der Waals surface area contributed by atoms with Gasteiger partial charge in [0.25, 0.3) is 5.91 Å². The molecule has 0 saturated carbocycles. The zero-order valence-corrected chi connectivity index (χ0v) is 26.8. The van der Waals surface area contributed by atoms with Crippen molar-refractivity contribution in [1.82, 2.24) is 30.0 Å². The Labute approximate surface area is 264 Å². The molecule has 0 aliphatic heterocycles. The van der Waals surface area contributed by atoms with E-state index in [0.29, 0.717) is 47.8 Å². The summed E-state index contributed by atoms with van der Waals surface area (Å²) in [6.07, 6.45) is -0.0542. The lowest BCUT2D eigenvalue weighted by Gasteiger charge is -2.20. The number of hydrogen-bond donors (Lipinski definition) is 4. The number of benzene rings is 1. The van der Waals surface area contributed by atoms with Gasteiger partial charge in [0.1, 0.15) is 23.3 Å². The number of carbonyl (C=O) groups is 1. The molecule has 0 aliphatic rings. The fourth-order valence-electron chi connectivity index (χ4n) is 4.33. The van der Waals surface area contributed by atoms with E-state index in [1.807, 2.05) is 20.8 Å². The Bertz CT molecular complexity index is 1730. The summed E-state index contributed by atoms with van der Waals surface area (Å²) in [5.74, 6) is -1.07. The van der Waals surface area contributed by atoms with Crippen LogP contribution in [0, 0.1) is 5.41 Å². The van der Waals surface area contributed by atoms with Gasteiger partial charge in [0, 0.05) is 49.1 Å². The first-order valence-corrected chi connectivity index (χ1v) is 15.8. The SMILES string of the molecule is CC[P+](=O)Cc1ccc(Nc2ncc(C(F)(F)F)c(Nc3ccc(-c4cnn(CC(C)(C)CO)c4)nc3C(=O)NC)n2)c(OC)c1. The minimum Gasteiger partial charge on any atom is -0.495 e. The number of aromatic nitrogens is 5. The number of rotatable bonds is 13. The van der Waals surface area contributed by atoms with Crippen molar-refractivity contribution in [2.24, 2.45) is 5.41 Å². The monoisotopic (exact) mass is 659 g/mol. The van der Waals surface area contributed by atoms with Crippen LogP contribution in [0.25, 0.3) is 11.3 Å². The number of alkyl halides is 3. The first-order chi connectivity index (χ1) is 21.8. The number of nitrogens with zero attached hydrogens (tertiary/aromatic N) is 5. The van der Waals surface area contributed by atoms with Crippen molar-refractivity contribution >= 4 is 36.8 Å². The van der Waals surface area contributed by atoms with E-state index in [2.05, 4.69) is 36.0 Å². The maximum absolute atomic E-state index is 14.1. The van der Waals surface area contributed by atoms with Gasteiger partial charge in [-0.3, -0.25) is 9.48 Å². The van der Waals surface area contributed by atoms with Crippen molar-refractivity contribution in [2.45, 2.75) is 39.7 Å². The van der Waals surface area contributed by atoms with Crippen molar-refractivity contribution in [1.29, 1.82) is 0 Å². The molecule has 0 radical (unpaired) electrons. The van der Waals surface area contributed by atoms with Gasteiger partial charge in [-0.1, -0.05) is 24.5 Å². The highest BCUT2D eigenvalue weighted by Gasteiger charge is 2.36. The van der Waals surface area contributed by atoms with Gasteiger partial charge < -0.3 is 25.8 Å². The number of ether oxygens (including phenoxy) is 1. The molecule has 1 atom stereocenters. The number of carbonyl (C=O) groups excluding carboxylic acids is 1. The van der Waals surface area contributed by atoms with Gasteiger partial charge in [0.05, 0.1) is 30.4 Å². The van der Waals surface area contributed by atoms with E-state index in [1.165, 1.54) is 20.2 Å². The highest BCUT2D eigenvalue weighted by atomic mass is 31.1. The summed E-state index contributed by atoms with van der Waals surface area (Å²) < 4.78 is 61.3. The Morgan fingerprint density at radius 3 is 2.48 bits per heavy atom. The Morgan fingerprint density at radius 2 is 1.83 bits per heavy atom. The van der Waals surface area contributed by atoms with E-state index in [9.17, 15) is 27.6 Å². The lowest BCUT2D eigenvalue weighted by Crippen LogP contribution is -2.23. The van der Waals surface area contributed by atoms with E-state index in [0.717, 1.165) is 5.56 Å². The van der Waals surface area contributed by atoms with Crippen molar-refractivity contribution in [3.05, 3.63) is 65.7 Å². The van der Waals surface area contributed by atoms with E-state index in [1.54, 1.807) is 41.3 Å². The molecular formula is C30H35F3N8O4P+. The fourth-order valence-corrected chi connectivity index (χ4v) is 5.16. The third-order valence-electron chi connectivity index (χ3n) is 6.86. The molecule has 0 bridgehead atoms. The number of methoxy groups -OCH3 is 1. The van der Waals surface area contributed by atoms with Crippen LogP contribution < -0.4 is 20.7 Å². The highest BCUT2D eigenvalue weighted by Crippen LogP contribution is 2.37. The van der Waals surface area contributed by atoms with Gasteiger partial charge in [-0.25, -0.2) is 9.97 Å². The molecule has 16 heteroatoms. The second kappa shape index (κ2) is 14.2. The quantitative estimate of drug-likeness (QED) is 0.126. The normalized spacial score (nSPS) is 12.1. The van der Waals surface area contributed by atoms with Gasteiger partial charge in [-0.2, -0.15) is 23.3 Å². The van der Waals surface area contributed by atoms with Crippen LogP contribution >= 0.6 is 7.80 Å². The second-order valence-corrected chi connectivity index (χ2v) is 13.0. The van der Waals surface area contributed by atoms with Crippen LogP contribution in [0.15, 0.2) is 48.9 Å². The summed E-state index contributed by atoms with van der Waals surface area (Å²) in [6, 6.07) is 8.03. The molecule has 46 heavy (non-hydrogen) atoms. The average Bonchev–Trinajstić information content (AvgIpc) is 3.48. The van der Waals surface area contributed by atoms with Crippen LogP contribution in [-0.2, 0) is 23.4 Å². The lowest BCUT2D eigenvalue weighted by molar-refractivity contribution is -0.137. The number of halogens is 3. The van der Waals surface area contributed by atoms with Gasteiger partial charge >= 0.3 is 14.0 Å². The largest absolute Gasteiger partial charge is 0.495 e. The summed E-state index contributed by atoms with van der Waals surface area (Å²) in [4.78, 5) is 25.2. The van der Waals surface area contributed by atoms with Gasteiger partial charge in [0.15, 0.2) is 11.9 Å². The Morgan fingerprint density at radius 1 is 1.09 bits per heavy atom. The van der Waals surface area contributed by atoms with Crippen LogP contribution in [0.5, 0.6) is 5.75 Å². The smallest absolute Gasteiger partial charge is 0.421 e. The fraction of sp³-hybridized carbons (Fsp3) is 0.367. The maximum atomic E-state index is 14.1. The van der Waals surface area contributed by atoms with Crippen molar-refractivity contribution in [2.75, 3.05) is 37.6 Å². The van der Waals surface area contributed by atoms with Crippen LogP contribution in [0.1, 0.15) is 42.4 Å². The van der Waals surface area contributed by atoms with E-state index in [4.69, 9.17) is 4.74 Å². The molecule has 3 aromatic heterocycles. The molecule has 1 unspecified atom stereocenters. The molecule has 0 fully saturated rings. The number of aliphatic hydroxyl groups excluding tert-OH is 1. The molecule has 1 aromatic carbocycles. The molecule has 4 N–H and O–H groups in total. The predicted molar refractivity (Wildman–Crippen MR) is 168 cm³/mol. The van der Waals surface area contributed by atoms with Crippen molar-refractivity contribution < 1.29 is 32.4 Å². The Hall–Kier alpha value is -4.62. The summed E-state index contributed by atoms with van der Waals surface area (Å²) in [7, 11) is 1.40. The Kier molecular flexibility index (Phi) is 10.6. The second-order valence-electron chi connectivity index (χ2n) is 11.1. The van der Waals surface area contributed by atoms with E-state index in [-0.39, 0.29) is 23.9 Å². The third kappa shape index (κ3) is 8.34. The molecule has 4 aromatic rings. The molecule has 0 aliphatic carbocycles. The number of hydrogen-bond acceptors (Lipinski definition) is 10. The molecule has 1 amide bonds. The zero-order valence-electron chi connectivity index (χ0n) is 25.9. The van der Waals surface area contributed by atoms with E-state index < -0.39 is 36.7 Å². The summed E-state index contributed by atoms with van der Waals surface area (Å²) >= 11 is 0. The zero-order chi connectivity index (χ0) is 33.6. The van der Waals surface area contributed by atoms with Crippen molar-refractivity contribution in [3.63, 3.8) is 0 Å². The van der Waals surface area contributed by atoms with Crippen LogP contribution in [0.4, 0.5) is 36.3 Å². The summed E-state index contributed by atoms with van der Waals surface area (Å²) in [5.41, 5.74) is 0.289. The standard InChI is InChI=1S/C30H34F3N8O4P/c1-6-46(44)15-18-7-8-22(24(11-18)45-5)39-28-35-13-20(30(31,32)33)26(40-28)38-23-10-9-21(37-25(23)27(43)34-4)19-12-36-41(14-19)16-29(2,3)17-42/h7-14,42H,6,15-17H2,1-5H3,(H2-,34,35,38,39,40,43)/p+1. The third-order valence-corrected chi connectivity index (χ3v) is 8.28. The molecule has 12 nitrogen and oxygen atoms in total. The minimum atomic E-state index is -4.83. The maximum Gasteiger partial charge on any atom is 0.421 e. The first kappa shape index (κ1) is 34.3. The number of amides is 1. The van der Waals surface area contributed by atoms with Crippen LogP contribution in [0.3, 0.4) is 0 Å². The summed E-state index contributed by atoms with van der Waals surface area (Å²) in [5, 5.41) is 21.9. The predicted octanol–water partition coefficient (Wildman–Crippen LogP) is 5.98.